The number of sulfone groups is 1. The monoisotopic (exact) mass is 388 g/mol. The molecule has 0 spiro atoms. The molecular weight excluding hydrogens is 360 g/mol. The number of pyridine rings is 1. The van der Waals surface area contributed by atoms with Gasteiger partial charge in [-0.1, -0.05) is 0 Å². The third-order valence-electron chi connectivity index (χ3n) is 4.49. The molecule has 0 fully saturated rings. The summed E-state index contributed by atoms with van der Waals surface area (Å²) in [6, 6.07) is 5.39. The van der Waals surface area contributed by atoms with Crippen molar-refractivity contribution in [1.82, 2.24) is 15.2 Å². The highest BCUT2D eigenvalue weighted by atomic mass is 32.2. The third-order valence-corrected chi connectivity index (χ3v) is 7.12. The Kier molecular flexibility index (Phi) is 5.94. The highest BCUT2D eigenvalue weighted by Gasteiger charge is 2.32. The minimum absolute atomic E-state index is 0.377. The fourth-order valence-corrected chi connectivity index (χ4v) is 3.94. The van der Waals surface area contributed by atoms with Gasteiger partial charge >= 0.3 is 0 Å². The summed E-state index contributed by atoms with van der Waals surface area (Å²) in [6.45, 7) is 11.0. The van der Waals surface area contributed by atoms with E-state index in [0.29, 0.717) is 4.90 Å². The van der Waals surface area contributed by atoms with Crippen molar-refractivity contribution < 1.29 is 8.42 Å². The molecule has 3 aromatic rings. The van der Waals surface area contributed by atoms with E-state index in [2.05, 4.69) is 20.5 Å². The van der Waals surface area contributed by atoms with Crippen molar-refractivity contribution >= 4 is 26.4 Å². The summed E-state index contributed by atoms with van der Waals surface area (Å²) in [5.74, 6) is 0. The van der Waals surface area contributed by atoms with Crippen molar-refractivity contribution in [3.8, 4) is 0 Å². The minimum Gasteiger partial charge on any atom is -0.388 e. The van der Waals surface area contributed by atoms with Crippen LogP contribution in [0.2, 0.25) is 0 Å². The molecule has 27 heavy (non-hydrogen) atoms. The Morgan fingerprint density at radius 1 is 1.07 bits per heavy atom. The molecule has 7 heteroatoms. The average Bonchev–Trinajstić information content (AvgIpc) is 2.96. The number of nitrogens with one attached hydrogen (secondary N) is 2. The first kappa shape index (κ1) is 20.9. The van der Waals surface area contributed by atoms with Crippen LogP contribution >= 0.6 is 0 Å². The van der Waals surface area contributed by atoms with Crippen LogP contribution in [0, 0.1) is 20.8 Å². The Labute approximate surface area is 161 Å². The second kappa shape index (κ2) is 7.68. The molecule has 0 aliphatic rings. The molecule has 0 bridgehead atoms. The van der Waals surface area contributed by atoms with Crippen LogP contribution in [0.25, 0.3) is 10.9 Å². The lowest BCUT2D eigenvalue weighted by atomic mass is 10.1. The van der Waals surface area contributed by atoms with Gasteiger partial charge in [-0.15, -0.1) is 0 Å². The molecule has 0 amide bonds. The zero-order valence-corrected chi connectivity index (χ0v) is 17.8. The van der Waals surface area contributed by atoms with E-state index in [-0.39, 0.29) is 0 Å². The van der Waals surface area contributed by atoms with Crippen LogP contribution in [0.5, 0.6) is 0 Å². The van der Waals surface area contributed by atoms with E-state index >= 15 is 0 Å². The van der Waals surface area contributed by atoms with Crippen LogP contribution in [-0.4, -0.2) is 35.4 Å². The number of aryl methyl sites for hydroxylation is 3. The first-order valence-electron chi connectivity index (χ1n) is 8.77. The zero-order chi connectivity index (χ0) is 20.4. The Hall–Kier alpha value is -2.41. The third kappa shape index (κ3) is 4.30. The number of H-pyrrole nitrogens is 1. The standard InChI is InChI=1S/C15H20N2O2S.C5H8N2/c1-10-8-13-11(12(16-5)6-7-17-13)9-14(10)20(18,19)15(2,3)4;1-4-3-6-7-5(4)2/h6-9H,1-5H3,(H,16,17);3H,1-2H3,(H,6,7). The van der Waals surface area contributed by atoms with Crippen molar-refractivity contribution in [2.24, 2.45) is 0 Å². The number of hydrogen-bond donors (Lipinski definition) is 2. The second-order valence-electron chi connectivity index (χ2n) is 7.54. The molecule has 3 rings (SSSR count). The predicted octanol–water partition coefficient (Wildman–Crippen LogP) is 4.18. The maximum atomic E-state index is 12.7. The zero-order valence-electron chi connectivity index (χ0n) is 17.0. The molecule has 2 aromatic heterocycles. The lowest BCUT2D eigenvalue weighted by Crippen LogP contribution is -2.28. The van der Waals surface area contributed by atoms with E-state index < -0.39 is 14.6 Å². The molecule has 0 aliphatic carbocycles. The van der Waals surface area contributed by atoms with Gasteiger partial charge in [0.15, 0.2) is 9.84 Å². The molecule has 146 valence electrons. The van der Waals surface area contributed by atoms with Gasteiger partial charge in [0.2, 0.25) is 0 Å². The molecule has 2 N–H and O–H groups in total. The van der Waals surface area contributed by atoms with Gasteiger partial charge in [0.1, 0.15) is 0 Å². The van der Waals surface area contributed by atoms with E-state index in [1.165, 1.54) is 5.56 Å². The van der Waals surface area contributed by atoms with Gasteiger partial charge in [-0.25, -0.2) is 8.42 Å². The number of nitrogens with zero attached hydrogens (tertiary/aromatic N) is 2. The fourth-order valence-electron chi connectivity index (χ4n) is 2.53. The normalized spacial score (nSPS) is 11.8. The quantitative estimate of drug-likeness (QED) is 0.687. The maximum Gasteiger partial charge on any atom is 0.183 e. The Bertz CT molecular complexity index is 1030. The van der Waals surface area contributed by atoms with E-state index in [1.54, 1.807) is 33.0 Å². The summed E-state index contributed by atoms with van der Waals surface area (Å²) in [6.07, 6.45) is 3.53. The van der Waals surface area contributed by atoms with Gasteiger partial charge in [0.25, 0.3) is 0 Å². The highest BCUT2D eigenvalue weighted by Crippen LogP contribution is 2.32. The van der Waals surface area contributed by atoms with Gasteiger partial charge in [-0.05, 0) is 70.9 Å². The predicted molar refractivity (Wildman–Crippen MR) is 111 cm³/mol. The van der Waals surface area contributed by atoms with Crippen LogP contribution in [-0.2, 0) is 9.84 Å². The van der Waals surface area contributed by atoms with Crippen LogP contribution in [0.15, 0.2) is 35.5 Å². The van der Waals surface area contributed by atoms with Crippen LogP contribution in [0.3, 0.4) is 0 Å². The molecule has 0 saturated heterocycles. The Morgan fingerprint density at radius 3 is 2.19 bits per heavy atom. The summed E-state index contributed by atoms with van der Waals surface area (Å²) >= 11 is 0. The van der Waals surface area contributed by atoms with Crippen molar-refractivity contribution in [3.63, 3.8) is 0 Å². The summed E-state index contributed by atoms with van der Waals surface area (Å²) in [7, 11) is -1.57. The fraction of sp³-hybridized carbons (Fsp3) is 0.400. The van der Waals surface area contributed by atoms with Crippen LogP contribution < -0.4 is 5.32 Å². The number of aromatic nitrogens is 3. The Morgan fingerprint density at radius 2 is 1.74 bits per heavy atom. The number of rotatable bonds is 2. The molecule has 0 atom stereocenters. The van der Waals surface area contributed by atoms with Gasteiger partial charge < -0.3 is 5.32 Å². The summed E-state index contributed by atoms with van der Waals surface area (Å²) in [5, 5.41) is 10.5. The summed E-state index contributed by atoms with van der Waals surface area (Å²) in [4.78, 5) is 4.68. The molecule has 0 saturated carbocycles. The van der Waals surface area contributed by atoms with Crippen LogP contribution in [0.4, 0.5) is 5.69 Å². The molecule has 2 heterocycles. The van der Waals surface area contributed by atoms with Crippen molar-refractivity contribution in [3.05, 3.63) is 47.4 Å². The van der Waals surface area contributed by atoms with E-state index in [9.17, 15) is 8.42 Å². The number of fused-ring (bicyclic) bond motifs is 1. The van der Waals surface area contributed by atoms with E-state index in [1.807, 2.05) is 46.1 Å². The Balaban J connectivity index is 0.000000313. The average molecular weight is 389 g/mol. The first-order chi connectivity index (χ1) is 12.5. The molecule has 0 unspecified atom stereocenters. The largest absolute Gasteiger partial charge is 0.388 e. The minimum atomic E-state index is -3.38. The molecule has 6 nitrogen and oxygen atoms in total. The summed E-state index contributed by atoms with van der Waals surface area (Å²) < 4.78 is 24.5. The number of anilines is 1. The van der Waals surface area contributed by atoms with Crippen LogP contribution in [0.1, 0.15) is 37.6 Å². The van der Waals surface area contributed by atoms with Crippen molar-refractivity contribution in [2.75, 3.05) is 12.4 Å². The van der Waals surface area contributed by atoms with E-state index in [4.69, 9.17) is 0 Å². The van der Waals surface area contributed by atoms with E-state index in [0.717, 1.165) is 27.8 Å². The summed E-state index contributed by atoms with van der Waals surface area (Å²) in [5.41, 5.74) is 4.77. The number of benzene rings is 1. The number of aromatic amines is 1. The molecule has 1 aromatic carbocycles. The molecule has 0 aliphatic heterocycles. The lowest BCUT2D eigenvalue weighted by molar-refractivity contribution is 0.560. The van der Waals surface area contributed by atoms with Crippen molar-refractivity contribution in [1.29, 1.82) is 0 Å². The maximum absolute atomic E-state index is 12.7. The second-order valence-corrected chi connectivity index (χ2v) is 10.2. The lowest BCUT2D eigenvalue weighted by Gasteiger charge is -2.21. The highest BCUT2D eigenvalue weighted by molar-refractivity contribution is 7.92. The van der Waals surface area contributed by atoms with Gasteiger partial charge in [0.05, 0.1) is 21.4 Å². The van der Waals surface area contributed by atoms with Gasteiger partial charge in [0, 0.05) is 30.0 Å². The molecular formula is C20H28N4O2S. The van der Waals surface area contributed by atoms with Gasteiger partial charge in [-0.2, -0.15) is 5.10 Å². The first-order valence-corrected chi connectivity index (χ1v) is 10.3. The van der Waals surface area contributed by atoms with Crippen molar-refractivity contribution in [2.45, 2.75) is 51.2 Å². The van der Waals surface area contributed by atoms with Gasteiger partial charge in [-0.3, -0.25) is 10.1 Å². The number of hydrogen-bond acceptors (Lipinski definition) is 5. The SMILES string of the molecule is CNc1ccnc2cc(C)c(S(=O)(=O)C(C)(C)C)cc12.Cc1cn[nH]c1C. The molecule has 0 radical (unpaired) electrons. The topological polar surface area (TPSA) is 87.7 Å². The smallest absolute Gasteiger partial charge is 0.183 e.